The minimum atomic E-state index is 0.286. The van der Waals surface area contributed by atoms with Crippen LogP contribution in [0.25, 0.3) is 0 Å². The normalized spacial score (nSPS) is 10.6. The van der Waals surface area contributed by atoms with Gasteiger partial charge in [0, 0.05) is 13.2 Å². The lowest BCUT2D eigenvalue weighted by Crippen LogP contribution is -2.15. The van der Waals surface area contributed by atoms with E-state index in [1.54, 1.807) is 14.2 Å². The highest BCUT2D eigenvalue weighted by Crippen LogP contribution is 2.37. The quantitative estimate of drug-likeness (QED) is 0.652. The Morgan fingerprint density at radius 3 is 2.50 bits per heavy atom. The zero-order chi connectivity index (χ0) is 14.8. The number of benzene rings is 1. The van der Waals surface area contributed by atoms with Crippen molar-refractivity contribution in [3.05, 3.63) is 22.7 Å². The van der Waals surface area contributed by atoms with Gasteiger partial charge in [-0.2, -0.15) is 0 Å². The molecule has 5 heteroatoms. The van der Waals surface area contributed by atoms with Gasteiger partial charge >= 0.3 is 0 Å². The summed E-state index contributed by atoms with van der Waals surface area (Å²) in [6.45, 7) is 1.93. The lowest BCUT2D eigenvalue weighted by molar-refractivity contribution is 0.282. The van der Waals surface area contributed by atoms with Gasteiger partial charge in [-0.15, -0.1) is 0 Å². The van der Waals surface area contributed by atoms with Gasteiger partial charge in [-0.3, -0.25) is 0 Å². The van der Waals surface area contributed by atoms with E-state index in [9.17, 15) is 0 Å². The molecule has 1 aromatic carbocycles. The van der Waals surface area contributed by atoms with E-state index in [1.807, 2.05) is 12.1 Å². The fourth-order valence-electron chi connectivity index (χ4n) is 2.01. The predicted molar refractivity (Wildman–Crippen MR) is 81.8 cm³/mol. The van der Waals surface area contributed by atoms with Crippen LogP contribution in [0.1, 0.15) is 31.2 Å². The molecule has 0 heterocycles. The summed E-state index contributed by atoms with van der Waals surface area (Å²) in [5, 5.41) is 12.6. The first-order chi connectivity index (χ1) is 9.74. The van der Waals surface area contributed by atoms with Crippen LogP contribution in [0.2, 0.25) is 5.02 Å². The van der Waals surface area contributed by atoms with Gasteiger partial charge in [0.25, 0.3) is 0 Å². The van der Waals surface area contributed by atoms with Crippen LogP contribution in [-0.4, -0.2) is 32.5 Å². The zero-order valence-corrected chi connectivity index (χ0v) is 13.0. The number of halogens is 1. The highest BCUT2D eigenvalue weighted by molar-refractivity contribution is 6.33. The Hall–Kier alpha value is -0.970. The molecule has 0 aliphatic rings. The number of unbranched alkanes of at least 4 members (excludes halogenated alkanes) is 3. The standard InChI is InChI=1S/C15H24ClNO3/c1-19-13-8-7-12(14(16)15(13)20-2)11-17-9-5-3-4-6-10-18/h7-8,17-18H,3-6,9-11H2,1-2H3. The van der Waals surface area contributed by atoms with E-state index in [0.29, 0.717) is 23.1 Å². The van der Waals surface area contributed by atoms with Crippen molar-refractivity contribution in [1.82, 2.24) is 5.32 Å². The molecule has 0 unspecified atom stereocenters. The Balaban J connectivity index is 2.40. The number of nitrogens with one attached hydrogen (secondary N) is 1. The highest BCUT2D eigenvalue weighted by atomic mass is 35.5. The fourth-order valence-corrected chi connectivity index (χ4v) is 2.31. The number of ether oxygens (including phenoxy) is 2. The van der Waals surface area contributed by atoms with Crippen LogP contribution in [0, 0.1) is 0 Å². The Kier molecular flexibility index (Phi) is 8.42. The topological polar surface area (TPSA) is 50.7 Å². The molecule has 0 spiro atoms. The summed E-state index contributed by atoms with van der Waals surface area (Å²) >= 11 is 6.30. The molecule has 20 heavy (non-hydrogen) atoms. The second-order valence-electron chi connectivity index (χ2n) is 4.59. The van der Waals surface area contributed by atoms with E-state index in [4.69, 9.17) is 26.2 Å². The first kappa shape index (κ1) is 17.1. The number of hydrogen-bond acceptors (Lipinski definition) is 4. The maximum Gasteiger partial charge on any atom is 0.179 e. The molecule has 4 nitrogen and oxygen atoms in total. The molecule has 0 saturated heterocycles. The fraction of sp³-hybridized carbons (Fsp3) is 0.600. The van der Waals surface area contributed by atoms with Crippen molar-refractivity contribution in [3.63, 3.8) is 0 Å². The molecule has 2 N–H and O–H groups in total. The summed E-state index contributed by atoms with van der Waals surface area (Å²) in [5.74, 6) is 1.22. The van der Waals surface area contributed by atoms with Gasteiger partial charge in [-0.25, -0.2) is 0 Å². The Morgan fingerprint density at radius 2 is 1.85 bits per heavy atom. The minimum absolute atomic E-state index is 0.286. The molecule has 1 aromatic rings. The van der Waals surface area contributed by atoms with E-state index >= 15 is 0 Å². The van der Waals surface area contributed by atoms with E-state index in [-0.39, 0.29) is 6.61 Å². The SMILES string of the molecule is COc1ccc(CNCCCCCCO)c(Cl)c1OC. The number of hydrogen-bond donors (Lipinski definition) is 2. The summed E-state index contributed by atoms with van der Waals surface area (Å²) in [5.41, 5.74) is 1.000. The molecule has 0 saturated carbocycles. The third-order valence-electron chi connectivity index (χ3n) is 3.14. The molecule has 0 aromatic heterocycles. The maximum absolute atomic E-state index is 8.69. The summed E-state index contributed by atoms with van der Waals surface area (Å²) < 4.78 is 10.5. The summed E-state index contributed by atoms with van der Waals surface area (Å²) in [4.78, 5) is 0. The third-order valence-corrected chi connectivity index (χ3v) is 3.56. The summed E-state index contributed by atoms with van der Waals surface area (Å²) in [7, 11) is 3.18. The molecular formula is C15H24ClNO3. The van der Waals surface area contributed by atoms with Gasteiger partial charge in [-0.05, 0) is 31.0 Å². The van der Waals surface area contributed by atoms with Gasteiger partial charge in [0.2, 0.25) is 0 Å². The Labute approximate surface area is 126 Å². The first-order valence-corrected chi connectivity index (χ1v) is 7.33. The summed E-state index contributed by atoms with van der Waals surface area (Å²) in [6.07, 6.45) is 4.20. The van der Waals surface area contributed by atoms with Crippen LogP contribution >= 0.6 is 11.6 Å². The molecule has 0 fully saturated rings. The van der Waals surface area contributed by atoms with Crippen LogP contribution in [-0.2, 0) is 6.54 Å². The van der Waals surface area contributed by atoms with Crippen LogP contribution < -0.4 is 14.8 Å². The Bertz CT molecular complexity index is 399. The number of methoxy groups -OCH3 is 2. The molecule has 114 valence electrons. The first-order valence-electron chi connectivity index (χ1n) is 6.95. The van der Waals surface area contributed by atoms with Crippen LogP contribution in [0.15, 0.2) is 12.1 Å². The average Bonchev–Trinajstić information content (AvgIpc) is 2.47. The molecule has 0 radical (unpaired) electrons. The average molecular weight is 302 g/mol. The molecule has 0 amide bonds. The molecule has 0 aliphatic carbocycles. The van der Waals surface area contributed by atoms with Gasteiger partial charge in [0.1, 0.15) is 0 Å². The maximum atomic E-state index is 8.69. The molecule has 0 bridgehead atoms. The summed E-state index contributed by atoms with van der Waals surface area (Å²) in [6, 6.07) is 3.81. The van der Waals surface area contributed by atoms with Crippen molar-refractivity contribution in [2.24, 2.45) is 0 Å². The van der Waals surface area contributed by atoms with Crippen molar-refractivity contribution >= 4 is 11.6 Å². The molecular weight excluding hydrogens is 278 g/mol. The smallest absolute Gasteiger partial charge is 0.179 e. The van der Waals surface area contributed by atoms with Gasteiger partial charge < -0.3 is 19.9 Å². The van der Waals surface area contributed by atoms with Crippen molar-refractivity contribution in [1.29, 1.82) is 0 Å². The largest absolute Gasteiger partial charge is 0.493 e. The van der Waals surface area contributed by atoms with Crippen LogP contribution in [0.3, 0.4) is 0 Å². The lowest BCUT2D eigenvalue weighted by Gasteiger charge is -2.13. The van der Waals surface area contributed by atoms with E-state index in [1.165, 1.54) is 0 Å². The van der Waals surface area contributed by atoms with Gasteiger partial charge in [0.15, 0.2) is 11.5 Å². The number of aliphatic hydroxyl groups is 1. The monoisotopic (exact) mass is 301 g/mol. The van der Waals surface area contributed by atoms with Crippen molar-refractivity contribution in [2.45, 2.75) is 32.2 Å². The molecule has 1 rings (SSSR count). The lowest BCUT2D eigenvalue weighted by atomic mass is 10.1. The van der Waals surface area contributed by atoms with Gasteiger partial charge in [-0.1, -0.05) is 30.5 Å². The van der Waals surface area contributed by atoms with Crippen LogP contribution in [0.4, 0.5) is 0 Å². The number of aliphatic hydroxyl groups excluding tert-OH is 1. The molecule has 0 aliphatic heterocycles. The minimum Gasteiger partial charge on any atom is -0.493 e. The number of rotatable bonds is 10. The van der Waals surface area contributed by atoms with Crippen molar-refractivity contribution < 1.29 is 14.6 Å². The van der Waals surface area contributed by atoms with Crippen LogP contribution in [0.5, 0.6) is 11.5 Å². The highest BCUT2D eigenvalue weighted by Gasteiger charge is 2.12. The van der Waals surface area contributed by atoms with Gasteiger partial charge in [0.05, 0.1) is 19.2 Å². The zero-order valence-electron chi connectivity index (χ0n) is 12.2. The van der Waals surface area contributed by atoms with E-state index in [0.717, 1.165) is 37.8 Å². The molecule has 0 atom stereocenters. The van der Waals surface area contributed by atoms with E-state index in [2.05, 4.69) is 5.32 Å². The third kappa shape index (κ3) is 5.19. The second kappa shape index (κ2) is 9.86. The van der Waals surface area contributed by atoms with E-state index < -0.39 is 0 Å². The van der Waals surface area contributed by atoms with Crippen molar-refractivity contribution in [3.8, 4) is 11.5 Å². The van der Waals surface area contributed by atoms with Crippen molar-refractivity contribution in [2.75, 3.05) is 27.4 Å². The predicted octanol–water partition coefficient (Wildman–Crippen LogP) is 3.00. The Morgan fingerprint density at radius 1 is 1.10 bits per heavy atom. The second-order valence-corrected chi connectivity index (χ2v) is 4.97.